The molecular weight excluding hydrogens is 112 g/mol. The van der Waals surface area contributed by atoms with Crippen LogP contribution < -0.4 is 0 Å². The van der Waals surface area contributed by atoms with Gasteiger partial charge in [-0.2, -0.15) is 0 Å². The fourth-order valence-electron chi connectivity index (χ4n) is 0.681. The van der Waals surface area contributed by atoms with E-state index in [2.05, 4.69) is 6.58 Å². The monoisotopic (exact) mass is 128 g/mol. The normalized spacial score (nSPS) is 13.9. The first-order valence-corrected chi connectivity index (χ1v) is 3.45. The average molecular weight is 128 g/mol. The quantitative estimate of drug-likeness (QED) is 0.576. The van der Waals surface area contributed by atoms with E-state index in [1.807, 2.05) is 20.8 Å². The lowest BCUT2D eigenvalue weighted by atomic mass is 9.99. The van der Waals surface area contributed by atoms with E-state index in [4.69, 9.17) is 0 Å². The van der Waals surface area contributed by atoms with Gasteiger partial charge in [0.05, 0.1) is 6.10 Å². The van der Waals surface area contributed by atoms with E-state index < -0.39 is 0 Å². The van der Waals surface area contributed by atoms with Gasteiger partial charge in [0.15, 0.2) is 0 Å². The molecule has 0 rings (SSSR count). The molecule has 0 unspecified atom stereocenters. The Morgan fingerprint density at radius 1 is 1.56 bits per heavy atom. The molecule has 0 aromatic rings. The second-order valence-electron chi connectivity index (χ2n) is 2.70. The van der Waals surface area contributed by atoms with Crippen LogP contribution in [0.5, 0.6) is 0 Å². The zero-order valence-corrected chi connectivity index (χ0v) is 6.52. The minimum Gasteiger partial charge on any atom is -0.389 e. The maximum atomic E-state index is 9.30. The number of hydrogen-bond donors (Lipinski definition) is 1. The average Bonchev–Trinajstić information content (AvgIpc) is 1.84. The Bertz CT molecular complexity index is 94.7. The molecule has 0 heterocycles. The minimum atomic E-state index is -0.310. The zero-order chi connectivity index (χ0) is 7.44. The summed E-state index contributed by atoms with van der Waals surface area (Å²) in [5, 5.41) is 9.30. The van der Waals surface area contributed by atoms with E-state index in [0.29, 0.717) is 5.92 Å². The van der Waals surface area contributed by atoms with Crippen molar-refractivity contribution in [2.45, 2.75) is 33.3 Å². The SMILES string of the molecule is C=C(CC)[C@H](O)C(C)C. The molecule has 0 aliphatic heterocycles. The standard InChI is InChI=1S/C8H16O/c1-5-7(4)8(9)6(2)3/h6,8-9H,4-5H2,1-3H3/t8-/m1/s1. The molecule has 54 valence electrons. The van der Waals surface area contributed by atoms with Gasteiger partial charge >= 0.3 is 0 Å². The highest BCUT2D eigenvalue weighted by molar-refractivity contribution is 5.01. The van der Waals surface area contributed by atoms with Crippen LogP contribution in [0.15, 0.2) is 12.2 Å². The molecule has 0 aromatic heterocycles. The molecule has 1 N–H and O–H groups in total. The van der Waals surface area contributed by atoms with E-state index >= 15 is 0 Å². The van der Waals surface area contributed by atoms with Crippen molar-refractivity contribution >= 4 is 0 Å². The smallest absolute Gasteiger partial charge is 0.0770 e. The van der Waals surface area contributed by atoms with Crippen molar-refractivity contribution in [3.05, 3.63) is 12.2 Å². The van der Waals surface area contributed by atoms with Gasteiger partial charge in [0, 0.05) is 0 Å². The van der Waals surface area contributed by atoms with Gasteiger partial charge in [-0.25, -0.2) is 0 Å². The van der Waals surface area contributed by atoms with Gasteiger partial charge in [0.25, 0.3) is 0 Å². The van der Waals surface area contributed by atoms with Gasteiger partial charge in [0.1, 0.15) is 0 Å². The van der Waals surface area contributed by atoms with Crippen LogP contribution in [0.1, 0.15) is 27.2 Å². The topological polar surface area (TPSA) is 20.2 Å². The van der Waals surface area contributed by atoms with Gasteiger partial charge in [0.2, 0.25) is 0 Å². The second kappa shape index (κ2) is 3.67. The molecule has 9 heavy (non-hydrogen) atoms. The van der Waals surface area contributed by atoms with Crippen molar-refractivity contribution in [1.29, 1.82) is 0 Å². The van der Waals surface area contributed by atoms with E-state index in [-0.39, 0.29) is 6.10 Å². The van der Waals surface area contributed by atoms with Gasteiger partial charge in [-0.05, 0) is 17.9 Å². The Morgan fingerprint density at radius 3 is 2.11 bits per heavy atom. The van der Waals surface area contributed by atoms with Gasteiger partial charge in [-0.1, -0.05) is 27.4 Å². The maximum Gasteiger partial charge on any atom is 0.0770 e. The van der Waals surface area contributed by atoms with E-state index in [9.17, 15) is 5.11 Å². The van der Waals surface area contributed by atoms with Crippen molar-refractivity contribution < 1.29 is 5.11 Å². The van der Waals surface area contributed by atoms with E-state index in [1.54, 1.807) is 0 Å². The van der Waals surface area contributed by atoms with Crippen molar-refractivity contribution in [2.75, 3.05) is 0 Å². The highest BCUT2D eigenvalue weighted by atomic mass is 16.3. The predicted octanol–water partition coefficient (Wildman–Crippen LogP) is 1.97. The van der Waals surface area contributed by atoms with Gasteiger partial charge in [-0.15, -0.1) is 0 Å². The highest BCUT2D eigenvalue weighted by Gasteiger charge is 2.10. The summed E-state index contributed by atoms with van der Waals surface area (Å²) in [6, 6.07) is 0. The van der Waals surface area contributed by atoms with E-state index in [0.717, 1.165) is 12.0 Å². The fourth-order valence-corrected chi connectivity index (χ4v) is 0.681. The third kappa shape index (κ3) is 2.66. The van der Waals surface area contributed by atoms with Crippen molar-refractivity contribution in [2.24, 2.45) is 5.92 Å². The molecule has 0 aromatic carbocycles. The Morgan fingerprint density at radius 2 is 2.00 bits per heavy atom. The first kappa shape index (κ1) is 8.70. The minimum absolute atomic E-state index is 0.303. The van der Waals surface area contributed by atoms with Crippen LogP contribution >= 0.6 is 0 Å². The Kier molecular flexibility index (Phi) is 3.55. The molecule has 0 saturated carbocycles. The summed E-state index contributed by atoms with van der Waals surface area (Å²) >= 11 is 0. The summed E-state index contributed by atoms with van der Waals surface area (Å²) in [5.74, 6) is 0.303. The van der Waals surface area contributed by atoms with Crippen molar-refractivity contribution in [3.63, 3.8) is 0 Å². The van der Waals surface area contributed by atoms with Crippen LogP contribution in [-0.4, -0.2) is 11.2 Å². The summed E-state index contributed by atoms with van der Waals surface area (Å²) in [6.07, 6.45) is 0.564. The molecule has 0 aliphatic carbocycles. The van der Waals surface area contributed by atoms with Crippen LogP contribution in [0.3, 0.4) is 0 Å². The molecule has 1 nitrogen and oxygen atoms in total. The number of aliphatic hydroxyl groups is 1. The Hall–Kier alpha value is -0.300. The van der Waals surface area contributed by atoms with Gasteiger partial charge < -0.3 is 5.11 Å². The Labute approximate surface area is 57.4 Å². The summed E-state index contributed by atoms with van der Waals surface area (Å²) in [6.45, 7) is 9.74. The summed E-state index contributed by atoms with van der Waals surface area (Å²) < 4.78 is 0. The summed E-state index contributed by atoms with van der Waals surface area (Å²) in [5.41, 5.74) is 0.935. The molecule has 0 saturated heterocycles. The lowest BCUT2D eigenvalue weighted by Crippen LogP contribution is -2.16. The zero-order valence-electron chi connectivity index (χ0n) is 6.52. The number of rotatable bonds is 3. The van der Waals surface area contributed by atoms with Gasteiger partial charge in [-0.3, -0.25) is 0 Å². The molecule has 0 amide bonds. The fraction of sp³-hybridized carbons (Fsp3) is 0.750. The molecule has 1 atom stereocenters. The highest BCUT2D eigenvalue weighted by Crippen LogP contribution is 2.12. The predicted molar refractivity (Wildman–Crippen MR) is 40.3 cm³/mol. The third-order valence-electron chi connectivity index (χ3n) is 1.50. The Balaban J connectivity index is 3.72. The third-order valence-corrected chi connectivity index (χ3v) is 1.50. The molecule has 0 radical (unpaired) electrons. The first-order chi connectivity index (χ1) is 4.09. The first-order valence-electron chi connectivity index (χ1n) is 3.45. The number of hydrogen-bond acceptors (Lipinski definition) is 1. The maximum absolute atomic E-state index is 9.30. The van der Waals surface area contributed by atoms with Crippen LogP contribution in [0.4, 0.5) is 0 Å². The van der Waals surface area contributed by atoms with Crippen LogP contribution in [0.25, 0.3) is 0 Å². The molecular formula is C8H16O. The number of aliphatic hydroxyl groups excluding tert-OH is 1. The van der Waals surface area contributed by atoms with Crippen molar-refractivity contribution in [3.8, 4) is 0 Å². The lowest BCUT2D eigenvalue weighted by molar-refractivity contribution is 0.158. The van der Waals surface area contributed by atoms with Crippen molar-refractivity contribution in [1.82, 2.24) is 0 Å². The van der Waals surface area contributed by atoms with E-state index in [1.165, 1.54) is 0 Å². The van der Waals surface area contributed by atoms with Crippen LogP contribution in [-0.2, 0) is 0 Å². The molecule has 0 bridgehead atoms. The largest absolute Gasteiger partial charge is 0.389 e. The molecule has 0 fully saturated rings. The molecule has 1 heteroatoms. The summed E-state index contributed by atoms with van der Waals surface area (Å²) in [7, 11) is 0. The lowest BCUT2D eigenvalue weighted by Gasteiger charge is -2.15. The summed E-state index contributed by atoms with van der Waals surface area (Å²) in [4.78, 5) is 0. The second-order valence-corrected chi connectivity index (χ2v) is 2.70. The van der Waals surface area contributed by atoms with Crippen LogP contribution in [0.2, 0.25) is 0 Å². The molecule has 0 aliphatic rings. The van der Waals surface area contributed by atoms with Crippen LogP contribution in [0, 0.1) is 5.92 Å². The molecule has 0 spiro atoms.